The van der Waals surface area contributed by atoms with Crippen molar-refractivity contribution in [3.8, 4) is 0 Å². The number of primary amides is 1. The number of amides is 2. The summed E-state index contributed by atoms with van der Waals surface area (Å²) in [7, 11) is 1.76. The Morgan fingerprint density at radius 1 is 1.35 bits per heavy atom. The molecule has 7 nitrogen and oxygen atoms in total. The van der Waals surface area contributed by atoms with Gasteiger partial charge in [0.15, 0.2) is 0 Å². The molecule has 2 unspecified atom stereocenters. The molecule has 31 heavy (non-hydrogen) atoms. The number of aryl methyl sites for hydroxylation is 1. The average Bonchev–Trinajstić information content (AvgIpc) is 3.35. The number of aromatic nitrogens is 2. The molecule has 0 radical (unpaired) electrons. The molecule has 2 aliphatic rings. The Balaban J connectivity index is 1.50. The van der Waals surface area contributed by atoms with E-state index < -0.39 is 23.2 Å². The molecule has 3 atom stereocenters. The van der Waals surface area contributed by atoms with Gasteiger partial charge < -0.3 is 20.7 Å². The standard InChI is InChI=1S/C22H26ClFN4O3/c1-11(20(25)29)22(31)8-13-5-12(6-14(13)9-22)18-19(28(2)10-26-18)21(30)27-15-3-4-17(24)16(23)7-15/h3-4,7,10-14,31H,5-6,8-9H2,1-2H3,(H2,25,29)(H,27,30)/t11-,12?,13?,14?,22?/m1/s1. The Morgan fingerprint density at radius 3 is 2.58 bits per heavy atom. The van der Waals surface area contributed by atoms with Crippen LogP contribution in [-0.4, -0.2) is 32.1 Å². The van der Waals surface area contributed by atoms with E-state index in [1.807, 2.05) is 0 Å². The van der Waals surface area contributed by atoms with Gasteiger partial charge in [-0.1, -0.05) is 18.5 Å². The fraction of sp³-hybridized carbons (Fsp3) is 0.500. The van der Waals surface area contributed by atoms with Gasteiger partial charge in [-0.2, -0.15) is 0 Å². The summed E-state index contributed by atoms with van der Waals surface area (Å²) < 4.78 is 15.1. The lowest BCUT2D eigenvalue weighted by molar-refractivity contribution is -0.130. The van der Waals surface area contributed by atoms with Crippen LogP contribution >= 0.6 is 11.6 Å². The van der Waals surface area contributed by atoms with Crippen LogP contribution in [0.3, 0.4) is 0 Å². The van der Waals surface area contributed by atoms with E-state index in [1.165, 1.54) is 18.2 Å². The number of halogens is 2. The molecule has 0 bridgehead atoms. The number of aliphatic hydroxyl groups is 1. The van der Waals surface area contributed by atoms with Crippen molar-refractivity contribution < 1.29 is 19.1 Å². The van der Waals surface area contributed by atoms with Crippen LogP contribution in [0, 0.1) is 23.6 Å². The van der Waals surface area contributed by atoms with Crippen LogP contribution in [0.25, 0.3) is 0 Å². The first-order chi connectivity index (χ1) is 14.6. The molecule has 2 saturated carbocycles. The molecule has 0 aliphatic heterocycles. The van der Waals surface area contributed by atoms with Gasteiger partial charge in [0.2, 0.25) is 5.91 Å². The van der Waals surface area contributed by atoms with Crippen molar-refractivity contribution in [2.45, 2.75) is 44.1 Å². The topological polar surface area (TPSA) is 110 Å². The zero-order valence-corrected chi connectivity index (χ0v) is 18.2. The van der Waals surface area contributed by atoms with Gasteiger partial charge >= 0.3 is 0 Å². The quantitative estimate of drug-likeness (QED) is 0.652. The van der Waals surface area contributed by atoms with Crippen LogP contribution in [0.4, 0.5) is 10.1 Å². The highest BCUT2D eigenvalue weighted by Crippen LogP contribution is 2.55. The number of carbonyl (C=O) groups is 2. The lowest BCUT2D eigenvalue weighted by Gasteiger charge is -2.29. The van der Waals surface area contributed by atoms with Crippen molar-refractivity contribution in [1.29, 1.82) is 0 Å². The Labute approximate surface area is 184 Å². The zero-order chi connectivity index (χ0) is 22.5. The SMILES string of the molecule is C[C@H](C(N)=O)C1(O)CC2CC(c3ncn(C)c3C(=O)Nc3ccc(F)c(Cl)c3)CC2C1. The number of carbonyl (C=O) groups excluding carboxylic acids is 2. The molecule has 166 valence electrons. The van der Waals surface area contributed by atoms with Gasteiger partial charge in [0.05, 0.1) is 28.6 Å². The van der Waals surface area contributed by atoms with Crippen LogP contribution in [0.2, 0.25) is 5.02 Å². The maximum absolute atomic E-state index is 13.4. The van der Waals surface area contributed by atoms with E-state index in [-0.39, 0.29) is 28.7 Å². The Kier molecular flexibility index (Phi) is 5.55. The highest BCUT2D eigenvalue weighted by Gasteiger charge is 2.53. The van der Waals surface area contributed by atoms with Crippen LogP contribution in [0.15, 0.2) is 24.5 Å². The molecule has 2 amide bonds. The predicted octanol–water partition coefficient (Wildman–Crippen LogP) is 3.22. The van der Waals surface area contributed by atoms with E-state index in [0.29, 0.717) is 29.9 Å². The molecule has 1 aromatic carbocycles. The van der Waals surface area contributed by atoms with Crippen LogP contribution < -0.4 is 11.1 Å². The molecular formula is C22H26ClFN4O3. The summed E-state index contributed by atoms with van der Waals surface area (Å²) in [5.74, 6) is -1.37. The first kappa shape index (κ1) is 21.8. The third kappa shape index (κ3) is 3.94. The maximum Gasteiger partial charge on any atom is 0.274 e. The molecular weight excluding hydrogens is 423 g/mol. The summed E-state index contributed by atoms with van der Waals surface area (Å²) >= 11 is 5.81. The van der Waals surface area contributed by atoms with Crippen molar-refractivity contribution in [3.63, 3.8) is 0 Å². The summed E-state index contributed by atoms with van der Waals surface area (Å²) in [5, 5.41) is 13.6. The minimum atomic E-state index is -1.06. The number of hydrogen-bond acceptors (Lipinski definition) is 4. The molecule has 0 spiro atoms. The highest BCUT2D eigenvalue weighted by molar-refractivity contribution is 6.31. The van der Waals surface area contributed by atoms with E-state index >= 15 is 0 Å². The monoisotopic (exact) mass is 448 g/mol. The fourth-order valence-electron chi connectivity index (χ4n) is 5.33. The van der Waals surface area contributed by atoms with E-state index in [1.54, 1.807) is 24.9 Å². The number of nitrogens with two attached hydrogens (primary N) is 1. The molecule has 1 aromatic heterocycles. The molecule has 2 fully saturated rings. The number of benzene rings is 1. The fourth-order valence-corrected chi connectivity index (χ4v) is 5.51. The maximum atomic E-state index is 13.4. The molecule has 4 N–H and O–H groups in total. The van der Waals surface area contributed by atoms with Crippen LogP contribution in [0.5, 0.6) is 0 Å². The van der Waals surface area contributed by atoms with Crippen molar-refractivity contribution >= 4 is 29.1 Å². The smallest absolute Gasteiger partial charge is 0.274 e. The molecule has 0 saturated heterocycles. The highest BCUT2D eigenvalue weighted by atomic mass is 35.5. The van der Waals surface area contributed by atoms with Crippen molar-refractivity contribution in [3.05, 3.63) is 46.8 Å². The van der Waals surface area contributed by atoms with Gasteiger partial charge in [-0.25, -0.2) is 9.37 Å². The van der Waals surface area contributed by atoms with Crippen molar-refractivity contribution in [2.75, 3.05) is 5.32 Å². The third-order valence-electron chi connectivity index (χ3n) is 7.05. The number of nitrogens with zero attached hydrogens (tertiary/aromatic N) is 2. The van der Waals surface area contributed by atoms with E-state index in [0.717, 1.165) is 12.8 Å². The zero-order valence-electron chi connectivity index (χ0n) is 17.4. The minimum absolute atomic E-state index is 0.0654. The number of nitrogens with one attached hydrogen (secondary N) is 1. The van der Waals surface area contributed by atoms with E-state index in [4.69, 9.17) is 17.3 Å². The third-order valence-corrected chi connectivity index (χ3v) is 7.34. The minimum Gasteiger partial charge on any atom is -0.389 e. The van der Waals surface area contributed by atoms with Gasteiger partial charge in [0, 0.05) is 18.7 Å². The lowest BCUT2D eigenvalue weighted by atomic mass is 9.83. The Hall–Kier alpha value is -2.45. The number of hydrogen-bond donors (Lipinski definition) is 3. The molecule has 1 heterocycles. The Bertz CT molecular complexity index is 1030. The second kappa shape index (κ2) is 7.91. The van der Waals surface area contributed by atoms with Gasteiger partial charge in [0.1, 0.15) is 11.5 Å². The van der Waals surface area contributed by atoms with Gasteiger partial charge in [-0.15, -0.1) is 0 Å². The largest absolute Gasteiger partial charge is 0.389 e. The normalized spacial score (nSPS) is 28.4. The second-order valence-electron chi connectivity index (χ2n) is 9.00. The summed E-state index contributed by atoms with van der Waals surface area (Å²) in [5.41, 5.74) is 5.93. The molecule has 2 aromatic rings. The summed E-state index contributed by atoms with van der Waals surface area (Å²) in [6, 6.07) is 4.02. The first-order valence-corrected chi connectivity index (χ1v) is 10.8. The second-order valence-corrected chi connectivity index (χ2v) is 9.40. The predicted molar refractivity (Wildman–Crippen MR) is 114 cm³/mol. The Morgan fingerprint density at radius 2 is 2.00 bits per heavy atom. The average molecular weight is 449 g/mol. The number of rotatable bonds is 5. The van der Waals surface area contributed by atoms with Crippen molar-refractivity contribution in [2.24, 2.45) is 30.5 Å². The number of anilines is 1. The summed E-state index contributed by atoms with van der Waals surface area (Å²) in [4.78, 5) is 29.1. The summed E-state index contributed by atoms with van der Waals surface area (Å²) in [6.07, 6.45) is 4.25. The van der Waals surface area contributed by atoms with E-state index in [9.17, 15) is 19.1 Å². The van der Waals surface area contributed by atoms with Gasteiger partial charge in [0.25, 0.3) is 5.91 Å². The first-order valence-electron chi connectivity index (χ1n) is 10.4. The number of fused-ring (bicyclic) bond motifs is 1. The molecule has 2 aliphatic carbocycles. The summed E-state index contributed by atoms with van der Waals surface area (Å²) in [6.45, 7) is 1.68. The lowest BCUT2D eigenvalue weighted by Crippen LogP contribution is -2.42. The van der Waals surface area contributed by atoms with Gasteiger partial charge in [-0.3, -0.25) is 9.59 Å². The van der Waals surface area contributed by atoms with E-state index in [2.05, 4.69) is 10.3 Å². The number of imidazole rings is 1. The van der Waals surface area contributed by atoms with Crippen LogP contribution in [0.1, 0.15) is 54.7 Å². The van der Waals surface area contributed by atoms with Crippen LogP contribution in [-0.2, 0) is 11.8 Å². The molecule has 4 rings (SSSR count). The molecule has 9 heteroatoms. The van der Waals surface area contributed by atoms with Crippen molar-refractivity contribution in [1.82, 2.24) is 9.55 Å². The van der Waals surface area contributed by atoms with Gasteiger partial charge in [-0.05, 0) is 55.7 Å².